The van der Waals surface area contributed by atoms with Gasteiger partial charge in [0.15, 0.2) is 0 Å². The lowest BCUT2D eigenvalue weighted by atomic mass is 10.2. The van der Waals surface area contributed by atoms with E-state index in [-0.39, 0.29) is 5.75 Å². The Labute approximate surface area is 105 Å². The zero-order chi connectivity index (χ0) is 14.0. The van der Waals surface area contributed by atoms with Crippen LogP contribution in [0.25, 0.3) is 0 Å². The van der Waals surface area contributed by atoms with E-state index in [2.05, 4.69) is 0 Å². The minimum Gasteiger partial charge on any atom is -0.508 e. The van der Waals surface area contributed by atoms with Crippen molar-refractivity contribution in [3.05, 3.63) is 29.8 Å². The van der Waals surface area contributed by atoms with Crippen molar-refractivity contribution < 1.29 is 19.8 Å². The molecule has 0 aliphatic rings. The van der Waals surface area contributed by atoms with E-state index in [1.54, 1.807) is 12.1 Å². The number of phenols is 1. The van der Waals surface area contributed by atoms with Gasteiger partial charge in [0.2, 0.25) is 0 Å². The molecule has 0 heterocycles. The summed E-state index contributed by atoms with van der Waals surface area (Å²) in [4.78, 5) is 20.1. The first-order chi connectivity index (χ1) is 8.51. The minimum absolute atomic E-state index is 0.181. The average Bonchev–Trinajstić information content (AvgIpc) is 2.37. The highest BCUT2D eigenvalue weighted by atomic mass is 16.4. The summed E-state index contributed by atoms with van der Waals surface area (Å²) in [5, 5.41) is 17.0. The predicted molar refractivity (Wildman–Crippen MR) is 67.4 cm³/mol. The number of carboxylic acid groups (broad SMARTS) is 1. The third-order valence-corrected chi connectivity index (χ3v) is 2.07. The van der Waals surface area contributed by atoms with Gasteiger partial charge in [-0.1, -0.05) is 0 Å². The Hall–Kier alpha value is -1.92. The molecule has 0 saturated carbocycles. The van der Waals surface area contributed by atoms with Crippen molar-refractivity contribution >= 4 is 12.3 Å². The lowest BCUT2D eigenvalue weighted by Crippen LogP contribution is -2.30. The van der Waals surface area contributed by atoms with Crippen LogP contribution in [-0.2, 0) is 4.79 Å². The minimum atomic E-state index is -0.955. The van der Waals surface area contributed by atoms with E-state index in [1.165, 1.54) is 12.1 Å². The van der Waals surface area contributed by atoms with Crippen molar-refractivity contribution in [2.24, 2.45) is 11.5 Å². The van der Waals surface area contributed by atoms with Crippen molar-refractivity contribution in [2.45, 2.75) is 18.9 Å². The van der Waals surface area contributed by atoms with Crippen LogP contribution in [0.15, 0.2) is 24.3 Å². The molecule has 6 N–H and O–H groups in total. The summed E-state index contributed by atoms with van der Waals surface area (Å²) >= 11 is 0. The van der Waals surface area contributed by atoms with Crippen LogP contribution < -0.4 is 11.5 Å². The Balaban J connectivity index is 0.000000321. The summed E-state index contributed by atoms with van der Waals surface area (Å²) < 4.78 is 0. The normalized spacial score (nSPS) is 11.0. The van der Waals surface area contributed by atoms with Gasteiger partial charge in [-0.2, -0.15) is 0 Å². The largest absolute Gasteiger partial charge is 0.508 e. The first-order valence-electron chi connectivity index (χ1n) is 5.44. The van der Waals surface area contributed by atoms with Crippen LogP contribution in [0.2, 0.25) is 0 Å². The van der Waals surface area contributed by atoms with Gasteiger partial charge in [-0.15, -0.1) is 0 Å². The van der Waals surface area contributed by atoms with E-state index in [0.717, 1.165) is 6.29 Å². The molecule has 0 fully saturated rings. The van der Waals surface area contributed by atoms with E-state index in [1.807, 2.05) is 0 Å². The number of carbonyl (C=O) groups excluding carboxylic acids is 1. The highest BCUT2D eigenvalue weighted by molar-refractivity contribution is 5.74. The second-order valence-electron chi connectivity index (χ2n) is 3.59. The molecule has 1 aromatic rings. The van der Waals surface area contributed by atoms with Crippen molar-refractivity contribution in [1.29, 1.82) is 0 Å². The van der Waals surface area contributed by atoms with Gasteiger partial charge in [0.05, 0.1) is 0 Å². The van der Waals surface area contributed by atoms with Crippen molar-refractivity contribution in [1.82, 2.24) is 0 Å². The molecule has 1 atom stereocenters. The summed E-state index contributed by atoms with van der Waals surface area (Å²) in [6.45, 7) is 0.501. The molecule has 0 bridgehead atoms. The number of hydrogen-bond acceptors (Lipinski definition) is 5. The molecule has 1 rings (SSSR count). The van der Waals surface area contributed by atoms with Crippen LogP contribution in [0, 0.1) is 0 Å². The predicted octanol–water partition coefficient (Wildman–Crippen LogP) is 0.342. The van der Waals surface area contributed by atoms with Gasteiger partial charge in [-0.25, -0.2) is 0 Å². The molecule has 0 radical (unpaired) electrons. The summed E-state index contributed by atoms with van der Waals surface area (Å²) in [6.07, 6.45) is 1.87. The summed E-state index contributed by atoms with van der Waals surface area (Å²) in [7, 11) is 0. The molecule has 0 aliphatic carbocycles. The molecule has 0 spiro atoms. The Morgan fingerprint density at radius 3 is 2.28 bits per heavy atom. The number of aromatic hydroxyl groups is 1. The molecule has 0 aliphatic heterocycles. The molecule has 1 unspecified atom stereocenters. The highest BCUT2D eigenvalue weighted by Crippen LogP contribution is 2.07. The fraction of sp³-hybridized carbons (Fsp3) is 0.333. The maximum absolute atomic E-state index is 10.0. The van der Waals surface area contributed by atoms with Gasteiger partial charge in [-0.3, -0.25) is 9.59 Å². The molecule has 0 aromatic heterocycles. The first-order valence-corrected chi connectivity index (χ1v) is 5.44. The zero-order valence-electron chi connectivity index (χ0n) is 9.95. The number of carboxylic acids is 1. The van der Waals surface area contributed by atoms with Gasteiger partial charge >= 0.3 is 5.97 Å². The Kier molecular flexibility index (Phi) is 8.17. The van der Waals surface area contributed by atoms with Crippen LogP contribution in [0.4, 0.5) is 0 Å². The van der Waals surface area contributed by atoms with E-state index in [0.29, 0.717) is 24.9 Å². The summed E-state index contributed by atoms with van der Waals surface area (Å²) in [6, 6.07) is 5.33. The third kappa shape index (κ3) is 7.37. The van der Waals surface area contributed by atoms with Crippen LogP contribution in [-0.4, -0.2) is 35.1 Å². The van der Waals surface area contributed by atoms with Gasteiger partial charge in [0, 0.05) is 5.56 Å². The number of carbonyl (C=O) groups is 2. The molecule has 0 saturated heterocycles. The average molecular weight is 254 g/mol. The van der Waals surface area contributed by atoms with Crippen molar-refractivity contribution in [2.75, 3.05) is 6.54 Å². The Morgan fingerprint density at radius 1 is 1.33 bits per heavy atom. The maximum Gasteiger partial charge on any atom is 0.320 e. The molecular formula is C12H18N2O4. The summed E-state index contributed by atoms with van der Waals surface area (Å²) in [5.74, 6) is -0.774. The molecule has 6 heteroatoms. The van der Waals surface area contributed by atoms with Gasteiger partial charge in [0.1, 0.15) is 18.1 Å². The Morgan fingerprint density at radius 2 is 1.89 bits per heavy atom. The highest BCUT2D eigenvalue weighted by Gasteiger charge is 2.08. The van der Waals surface area contributed by atoms with Crippen molar-refractivity contribution in [3.63, 3.8) is 0 Å². The SMILES string of the molecule is NCCCC(N)C(=O)O.O=Cc1ccc(O)cc1. The fourth-order valence-corrected chi connectivity index (χ4v) is 1.01. The molecule has 6 nitrogen and oxygen atoms in total. The van der Waals surface area contributed by atoms with Gasteiger partial charge in [-0.05, 0) is 43.7 Å². The molecule has 1 aromatic carbocycles. The van der Waals surface area contributed by atoms with Crippen LogP contribution >= 0.6 is 0 Å². The topological polar surface area (TPSA) is 127 Å². The van der Waals surface area contributed by atoms with Gasteiger partial charge < -0.3 is 21.7 Å². The fourth-order valence-electron chi connectivity index (χ4n) is 1.01. The number of aldehydes is 1. The van der Waals surface area contributed by atoms with E-state index in [9.17, 15) is 9.59 Å². The second kappa shape index (κ2) is 9.15. The number of rotatable bonds is 5. The number of phenolic OH excluding ortho intramolecular Hbond substituents is 1. The quantitative estimate of drug-likeness (QED) is 0.561. The number of aliphatic carboxylic acids is 1. The van der Waals surface area contributed by atoms with Gasteiger partial charge in [0.25, 0.3) is 0 Å². The lowest BCUT2D eigenvalue weighted by Gasteiger charge is -2.02. The van der Waals surface area contributed by atoms with Crippen LogP contribution in [0.3, 0.4) is 0 Å². The molecule has 100 valence electrons. The van der Waals surface area contributed by atoms with E-state index >= 15 is 0 Å². The number of nitrogens with two attached hydrogens (primary N) is 2. The zero-order valence-corrected chi connectivity index (χ0v) is 9.95. The van der Waals surface area contributed by atoms with Crippen molar-refractivity contribution in [3.8, 4) is 5.75 Å². The second-order valence-corrected chi connectivity index (χ2v) is 3.59. The maximum atomic E-state index is 10.0. The monoisotopic (exact) mass is 254 g/mol. The van der Waals surface area contributed by atoms with E-state index < -0.39 is 12.0 Å². The van der Waals surface area contributed by atoms with Crippen LogP contribution in [0.5, 0.6) is 5.75 Å². The lowest BCUT2D eigenvalue weighted by molar-refractivity contribution is -0.138. The smallest absolute Gasteiger partial charge is 0.320 e. The molecular weight excluding hydrogens is 236 g/mol. The Bertz CT molecular complexity index is 365. The molecule has 18 heavy (non-hydrogen) atoms. The standard InChI is InChI=1S/C7H6O2.C5H12N2O2/c8-5-6-1-3-7(9)4-2-6;6-3-1-2-4(7)5(8)9/h1-5,9H;4H,1-3,6-7H2,(H,8,9). The molecule has 0 amide bonds. The number of benzene rings is 1. The van der Waals surface area contributed by atoms with E-state index in [4.69, 9.17) is 21.7 Å². The summed E-state index contributed by atoms with van der Waals surface area (Å²) in [5.41, 5.74) is 10.9. The third-order valence-electron chi connectivity index (χ3n) is 2.07. The van der Waals surface area contributed by atoms with Crippen LogP contribution in [0.1, 0.15) is 23.2 Å². The first kappa shape index (κ1) is 16.1. The number of hydrogen-bond donors (Lipinski definition) is 4.